The summed E-state index contributed by atoms with van der Waals surface area (Å²) in [6, 6.07) is 1.96. The Kier molecular flexibility index (Phi) is 2.36. The van der Waals surface area contributed by atoms with E-state index in [0.717, 1.165) is 6.42 Å². The quantitative estimate of drug-likeness (QED) is 0.610. The molecule has 0 saturated heterocycles. The van der Waals surface area contributed by atoms with Gasteiger partial charge < -0.3 is 4.74 Å². The highest BCUT2D eigenvalue weighted by atomic mass is 32.2. The van der Waals surface area contributed by atoms with Gasteiger partial charge in [-0.15, -0.1) is 0 Å². The van der Waals surface area contributed by atoms with Crippen molar-refractivity contribution in [2.24, 2.45) is 0 Å². The van der Waals surface area contributed by atoms with Crippen molar-refractivity contribution >= 4 is 11.8 Å². The van der Waals surface area contributed by atoms with Gasteiger partial charge in [-0.25, -0.2) is 0 Å². The SMILES string of the molecule is C[C@]1(OCC#N)CC=CS1. The molecule has 0 amide bonds. The number of hydrogen-bond donors (Lipinski definition) is 0. The summed E-state index contributed by atoms with van der Waals surface area (Å²) in [5, 5.41) is 10.2. The molecule has 10 heavy (non-hydrogen) atoms. The zero-order chi connectivity index (χ0) is 7.45. The Bertz CT molecular complexity index is 175. The van der Waals surface area contributed by atoms with Gasteiger partial charge >= 0.3 is 0 Å². The molecule has 1 heterocycles. The van der Waals surface area contributed by atoms with Gasteiger partial charge in [-0.1, -0.05) is 17.8 Å². The van der Waals surface area contributed by atoms with Crippen LogP contribution in [0.15, 0.2) is 11.5 Å². The van der Waals surface area contributed by atoms with E-state index >= 15 is 0 Å². The van der Waals surface area contributed by atoms with Crippen LogP contribution < -0.4 is 0 Å². The van der Waals surface area contributed by atoms with E-state index in [0.29, 0.717) is 0 Å². The van der Waals surface area contributed by atoms with E-state index in [9.17, 15) is 0 Å². The predicted molar refractivity (Wildman–Crippen MR) is 41.3 cm³/mol. The van der Waals surface area contributed by atoms with Crippen LogP contribution in [-0.4, -0.2) is 11.5 Å². The Hall–Kier alpha value is -0.460. The van der Waals surface area contributed by atoms with Crippen LogP contribution in [0, 0.1) is 11.3 Å². The van der Waals surface area contributed by atoms with E-state index < -0.39 is 0 Å². The molecular weight excluding hydrogens is 146 g/mol. The predicted octanol–water partition coefficient (Wildman–Crippen LogP) is 1.89. The number of ether oxygens (including phenoxy) is 1. The fraction of sp³-hybridized carbons (Fsp3) is 0.571. The largest absolute Gasteiger partial charge is 0.349 e. The van der Waals surface area contributed by atoms with Gasteiger partial charge in [0.2, 0.25) is 0 Å². The molecule has 0 spiro atoms. The summed E-state index contributed by atoms with van der Waals surface area (Å²) in [5.41, 5.74) is 0. The van der Waals surface area contributed by atoms with Crippen molar-refractivity contribution in [1.29, 1.82) is 5.26 Å². The lowest BCUT2D eigenvalue weighted by atomic mass is 10.3. The Morgan fingerprint density at radius 2 is 2.70 bits per heavy atom. The van der Waals surface area contributed by atoms with Gasteiger partial charge in [-0.05, 0) is 12.3 Å². The average Bonchev–Trinajstić information content (AvgIpc) is 2.33. The van der Waals surface area contributed by atoms with Crippen LogP contribution >= 0.6 is 11.8 Å². The van der Waals surface area contributed by atoms with E-state index in [1.807, 2.05) is 18.4 Å². The number of hydrogen-bond acceptors (Lipinski definition) is 3. The normalized spacial score (nSPS) is 30.4. The summed E-state index contributed by atoms with van der Waals surface area (Å²) < 4.78 is 5.28. The Morgan fingerprint density at radius 1 is 1.90 bits per heavy atom. The van der Waals surface area contributed by atoms with E-state index in [1.54, 1.807) is 11.8 Å². The number of thioether (sulfide) groups is 1. The Labute approximate surface area is 64.9 Å². The number of nitriles is 1. The van der Waals surface area contributed by atoms with E-state index in [2.05, 4.69) is 6.08 Å². The second-order valence-electron chi connectivity index (χ2n) is 2.27. The first-order valence-corrected chi connectivity index (χ1v) is 3.98. The molecule has 0 fully saturated rings. The van der Waals surface area contributed by atoms with Crippen LogP contribution in [0.25, 0.3) is 0 Å². The molecule has 1 aliphatic rings. The fourth-order valence-electron chi connectivity index (χ4n) is 0.780. The van der Waals surface area contributed by atoms with Crippen molar-refractivity contribution < 1.29 is 4.74 Å². The van der Waals surface area contributed by atoms with Crippen molar-refractivity contribution in [3.63, 3.8) is 0 Å². The minimum atomic E-state index is -0.171. The van der Waals surface area contributed by atoms with Crippen molar-refractivity contribution in [3.05, 3.63) is 11.5 Å². The molecule has 1 atom stereocenters. The minimum absolute atomic E-state index is 0.171. The Morgan fingerprint density at radius 3 is 3.20 bits per heavy atom. The zero-order valence-corrected chi connectivity index (χ0v) is 6.65. The molecule has 0 aromatic carbocycles. The first-order valence-electron chi connectivity index (χ1n) is 3.10. The summed E-state index contributed by atoms with van der Waals surface area (Å²) in [6.45, 7) is 2.18. The molecule has 0 unspecified atom stereocenters. The molecule has 0 aliphatic carbocycles. The molecule has 54 valence electrons. The van der Waals surface area contributed by atoms with Crippen LogP contribution in [0.4, 0.5) is 0 Å². The van der Waals surface area contributed by atoms with Crippen LogP contribution in [0.3, 0.4) is 0 Å². The van der Waals surface area contributed by atoms with Gasteiger partial charge in [0.1, 0.15) is 11.5 Å². The molecule has 0 saturated carbocycles. The standard InChI is InChI=1S/C7H9NOS/c1-7(9-5-4-8)3-2-6-10-7/h2,6H,3,5H2,1H3/t7-/m1/s1. The smallest absolute Gasteiger partial charge is 0.135 e. The molecule has 0 N–H and O–H groups in total. The lowest BCUT2D eigenvalue weighted by Crippen LogP contribution is -2.20. The molecule has 1 rings (SSSR count). The van der Waals surface area contributed by atoms with Crippen molar-refractivity contribution in [2.75, 3.05) is 6.61 Å². The zero-order valence-electron chi connectivity index (χ0n) is 5.83. The lowest BCUT2D eigenvalue weighted by Gasteiger charge is -2.20. The third-order valence-electron chi connectivity index (χ3n) is 1.34. The maximum Gasteiger partial charge on any atom is 0.135 e. The fourth-order valence-corrected chi connectivity index (χ4v) is 1.58. The van der Waals surface area contributed by atoms with Crippen LogP contribution in [-0.2, 0) is 4.74 Å². The van der Waals surface area contributed by atoms with Gasteiger partial charge in [0.05, 0.1) is 6.07 Å². The first-order chi connectivity index (χ1) is 4.77. The first kappa shape index (κ1) is 7.64. The van der Waals surface area contributed by atoms with Crippen LogP contribution in [0.2, 0.25) is 0 Å². The lowest BCUT2D eigenvalue weighted by molar-refractivity contribution is 0.0670. The summed E-state index contributed by atoms with van der Waals surface area (Å²) in [4.78, 5) is -0.171. The van der Waals surface area contributed by atoms with Crippen molar-refractivity contribution in [1.82, 2.24) is 0 Å². The second kappa shape index (κ2) is 3.09. The topological polar surface area (TPSA) is 33.0 Å². The maximum absolute atomic E-state index is 8.24. The monoisotopic (exact) mass is 155 g/mol. The van der Waals surface area contributed by atoms with Gasteiger partial charge in [-0.2, -0.15) is 5.26 Å². The van der Waals surface area contributed by atoms with Crippen LogP contribution in [0.1, 0.15) is 13.3 Å². The summed E-state index contributed by atoms with van der Waals surface area (Å²) in [6.07, 6.45) is 2.96. The van der Waals surface area contributed by atoms with Gasteiger partial charge in [0.25, 0.3) is 0 Å². The minimum Gasteiger partial charge on any atom is -0.349 e. The third kappa shape index (κ3) is 1.76. The summed E-state index contributed by atoms with van der Waals surface area (Å²) >= 11 is 1.63. The highest BCUT2D eigenvalue weighted by Crippen LogP contribution is 2.36. The number of nitrogens with zero attached hydrogens (tertiary/aromatic N) is 1. The van der Waals surface area contributed by atoms with E-state index in [1.165, 1.54) is 0 Å². The molecule has 0 aromatic heterocycles. The van der Waals surface area contributed by atoms with Gasteiger partial charge in [0.15, 0.2) is 0 Å². The highest BCUT2D eigenvalue weighted by Gasteiger charge is 2.26. The van der Waals surface area contributed by atoms with Gasteiger partial charge in [0, 0.05) is 6.42 Å². The molecule has 0 radical (unpaired) electrons. The Balaban J connectivity index is 2.33. The van der Waals surface area contributed by atoms with E-state index in [4.69, 9.17) is 10.00 Å². The third-order valence-corrected chi connectivity index (χ3v) is 2.46. The van der Waals surface area contributed by atoms with E-state index in [-0.39, 0.29) is 11.5 Å². The average molecular weight is 155 g/mol. The highest BCUT2D eigenvalue weighted by molar-refractivity contribution is 8.03. The van der Waals surface area contributed by atoms with Crippen molar-refractivity contribution in [2.45, 2.75) is 18.3 Å². The molecular formula is C7H9NOS. The molecule has 2 nitrogen and oxygen atoms in total. The maximum atomic E-state index is 8.24. The molecule has 0 aromatic rings. The second-order valence-corrected chi connectivity index (χ2v) is 3.65. The molecule has 1 aliphatic heterocycles. The molecule has 3 heteroatoms. The van der Waals surface area contributed by atoms with Crippen LogP contribution in [0.5, 0.6) is 0 Å². The van der Waals surface area contributed by atoms with Gasteiger partial charge in [-0.3, -0.25) is 0 Å². The van der Waals surface area contributed by atoms with Crippen molar-refractivity contribution in [3.8, 4) is 6.07 Å². The summed E-state index contributed by atoms with van der Waals surface area (Å²) in [7, 11) is 0. The molecule has 0 bridgehead atoms. The number of rotatable bonds is 2. The summed E-state index contributed by atoms with van der Waals surface area (Å²) in [5.74, 6) is 0.